The molecule has 26 heavy (non-hydrogen) atoms. The third kappa shape index (κ3) is 3.57. The first kappa shape index (κ1) is 17.2. The highest BCUT2D eigenvalue weighted by Gasteiger charge is 2.26. The van der Waals surface area contributed by atoms with E-state index in [1.165, 1.54) is 36.4 Å². The van der Waals surface area contributed by atoms with Gasteiger partial charge in [0.15, 0.2) is 0 Å². The van der Waals surface area contributed by atoms with Crippen LogP contribution in [0.1, 0.15) is 0 Å². The lowest BCUT2D eigenvalue weighted by atomic mass is 9.97. The van der Waals surface area contributed by atoms with Gasteiger partial charge in [-0.15, -0.1) is 0 Å². The molecule has 0 aromatic heterocycles. The first-order chi connectivity index (χ1) is 12.5. The number of rotatable bonds is 4. The van der Waals surface area contributed by atoms with Gasteiger partial charge < -0.3 is 25.7 Å². The third-order valence-corrected chi connectivity index (χ3v) is 3.73. The maximum atomic E-state index is 12.3. The van der Waals surface area contributed by atoms with Crippen LogP contribution in [0, 0.1) is 0 Å². The molecule has 0 heterocycles. The van der Waals surface area contributed by atoms with E-state index in [4.69, 9.17) is 0 Å². The zero-order valence-electron chi connectivity index (χ0n) is 13.5. The summed E-state index contributed by atoms with van der Waals surface area (Å²) in [4.78, 5) is 16.6. The van der Waals surface area contributed by atoms with Crippen molar-refractivity contribution in [1.82, 2.24) is 0 Å². The van der Waals surface area contributed by atoms with Gasteiger partial charge in [0.05, 0.1) is 18.0 Å². The Kier molecular flexibility index (Phi) is 4.72. The van der Waals surface area contributed by atoms with E-state index in [-0.39, 0.29) is 34.2 Å². The van der Waals surface area contributed by atoms with Crippen LogP contribution in [-0.2, 0) is 4.79 Å². The first-order valence-corrected chi connectivity index (χ1v) is 7.71. The van der Waals surface area contributed by atoms with Crippen molar-refractivity contribution in [2.75, 3.05) is 11.9 Å². The second kappa shape index (κ2) is 7.12. The molecule has 0 saturated heterocycles. The molecule has 7 nitrogen and oxygen atoms in total. The largest absolute Gasteiger partial charge is 0.508 e. The summed E-state index contributed by atoms with van der Waals surface area (Å²) in [6.45, 7) is -0.527. The molecule has 2 aromatic rings. The molecule has 0 fully saturated rings. The lowest BCUT2D eigenvalue weighted by Crippen LogP contribution is -2.25. The number of hydrogen-bond donors (Lipinski definition) is 5. The van der Waals surface area contributed by atoms with Gasteiger partial charge in [0, 0.05) is 17.3 Å². The van der Waals surface area contributed by atoms with Crippen molar-refractivity contribution in [3.63, 3.8) is 0 Å². The van der Waals surface area contributed by atoms with Gasteiger partial charge in [0.2, 0.25) is 5.78 Å². The Morgan fingerprint density at radius 3 is 2.04 bits per heavy atom. The fourth-order valence-corrected chi connectivity index (χ4v) is 2.45. The number of benzene rings is 2. The summed E-state index contributed by atoms with van der Waals surface area (Å²) < 4.78 is 0. The topological polar surface area (TPSA) is 122 Å². The van der Waals surface area contributed by atoms with Crippen LogP contribution in [0.25, 0.3) is 0 Å². The monoisotopic (exact) mass is 352 g/mol. The number of hydrogen-bond acceptors (Lipinski definition) is 7. The van der Waals surface area contributed by atoms with Gasteiger partial charge in [-0.1, -0.05) is 0 Å². The molecule has 0 unspecified atom stereocenters. The second-order valence-corrected chi connectivity index (χ2v) is 5.55. The summed E-state index contributed by atoms with van der Waals surface area (Å²) in [6.07, 6.45) is 1.02. The quantitative estimate of drug-likeness (QED) is 0.426. The van der Waals surface area contributed by atoms with Crippen LogP contribution < -0.4 is 5.32 Å². The van der Waals surface area contributed by atoms with Gasteiger partial charge in [-0.05, 0) is 48.5 Å². The number of carbonyl (C=O) groups is 1. The molecule has 7 heteroatoms. The van der Waals surface area contributed by atoms with E-state index >= 15 is 0 Å². The van der Waals surface area contributed by atoms with Gasteiger partial charge in [0.25, 0.3) is 0 Å². The number of aliphatic hydroxyl groups is 2. The minimum absolute atomic E-state index is 0.0547. The van der Waals surface area contributed by atoms with Crippen LogP contribution in [0.4, 0.5) is 11.4 Å². The molecule has 0 saturated carbocycles. The van der Waals surface area contributed by atoms with E-state index < -0.39 is 12.4 Å². The van der Waals surface area contributed by atoms with E-state index in [9.17, 15) is 25.2 Å². The molecule has 132 valence electrons. The van der Waals surface area contributed by atoms with E-state index in [1.807, 2.05) is 0 Å². The molecule has 0 aliphatic heterocycles. The number of aliphatic hydroxyl groups excluding tert-OH is 2. The van der Waals surface area contributed by atoms with Gasteiger partial charge in [-0.3, -0.25) is 4.79 Å². The highest BCUT2D eigenvalue weighted by atomic mass is 16.3. The van der Waals surface area contributed by atoms with E-state index in [0.717, 1.165) is 6.08 Å². The van der Waals surface area contributed by atoms with Gasteiger partial charge in [-0.25, -0.2) is 4.99 Å². The Morgan fingerprint density at radius 2 is 1.46 bits per heavy atom. The predicted molar refractivity (Wildman–Crippen MR) is 96.8 cm³/mol. The Balaban J connectivity index is 2.03. The molecular weight excluding hydrogens is 336 g/mol. The van der Waals surface area contributed by atoms with Crippen LogP contribution >= 0.6 is 0 Å². The number of carbonyl (C=O) groups excluding carboxylic acids is 1. The standard InChI is InChI=1S/C19H16N2O5/c22-10-15-18(20-11-1-5-13(23)6-2-11)16(25)9-17(26)19(15)21-12-3-7-14(24)8-4-12/h1-9,20,22-24,26H,10H2. The predicted octanol–water partition coefficient (Wildman–Crippen LogP) is 2.55. The van der Waals surface area contributed by atoms with Crippen LogP contribution in [-0.4, -0.2) is 38.5 Å². The van der Waals surface area contributed by atoms with Crippen LogP contribution in [0.15, 0.2) is 76.6 Å². The molecule has 0 bridgehead atoms. The summed E-state index contributed by atoms with van der Waals surface area (Å²) in [5.74, 6) is -0.721. The van der Waals surface area contributed by atoms with Crippen molar-refractivity contribution in [3.8, 4) is 11.5 Å². The van der Waals surface area contributed by atoms with Crippen molar-refractivity contribution in [3.05, 3.63) is 71.6 Å². The van der Waals surface area contributed by atoms with E-state index in [0.29, 0.717) is 11.4 Å². The summed E-state index contributed by atoms with van der Waals surface area (Å²) >= 11 is 0. The van der Waals surface area contributed by atoms with Crippen molar-refractivity contribution in [1.29, 1.82) is 0 Å². The molecule has 5 N–H and O–H groups in total. The number of phenols is 2. The Bertz CT molecular complexity index is 925. The van der Waals surface area contributed by atoms with Crippen molar-refractivity contribution in [2.24, 2.45) is 4.99 Å². The van der Waals surface area contributed by atoms with Crippen LogP contribution in [0.5, 0.6) is 11.5 Å². The summed E-state index contributed by atoms with van der Waals surface area (Å²) in [5.41, 5.74) is 1.22. The van der Waals surface area contributed by atoms with Crippen molar-refractivity contribution >= 4 is 22.9 Å². The number of ketones is 1. The zero-order valence-corrected chi connectivity index (χ0v) is 13.5. The molecule has 0 spiro atoms. The molecule has 0 amide bonds. The molecule has 1 aliphatic carbocycles. The van der Waals surface area contributed by atoms with Crippen molar-refractivity contribution < 1.29 is 25.2 Å². The number of phenolic OH excluding ortho intramolecular Hbond substituents is 2. The van der Waals surface area contributed by atoms with Crippen LogP contribution in [0.2, 0.25) is 0 Å². The average molecular weight is 352 g/mol. The molecule has 3 rings (SSSR count). The van der Waals surface area contributed by atoms with Gasteiger partial charge in [0.1, 0.15) is 23.0 Å². The van der Waals surface area contributed by atoms with Gasteiger partial charge >= 0.3 is 0 Å². The molecule has 0 radical (unpaired) electrons. The molecule has 2 aromatic carbocycles. The second-order valence-electron chi connectivity index (χ2n) is 5.55. The number of nitrogens with zero attached hydrogens (tertiary/aromatic N) is 1. The number of allylic oxidation sites excluding steroid dienone is 2. The Labute approximate surface area is 148 Å². The Hall–Kier alpha value is -3.58. The molecule has 1 aliphatic rings. The van der Waals surface area contributed by atoms with Crippen molar-refractivity contribution in [2.45, 2.75) is 0 Å². The third-order valence-electron chi connectivity index (χ3n) is 3.73. The van der Waals surface area contributed by atoms with E-state index in [1.54, 1.807) is 12.1 Å². The highest BCUT2D eigenvalue weighted by Crippen LogP contribution is 2.25. The maximum Gasteiger partial charge on any atom is 0.206 e. The highest BCUT2D eigenvalue weighted by molar-refractivity contribution is 6.25. The number of aromatic hydroxyl groups is 2. The lowest BCUT2D eigenvalue weighted by molar-refractivity contribution is -0.111. The molecule has 0 atom stereocenters. The van der Waals surface area contributed by atoms with E-state index in [2.05, 4.69) is 10.3 Å². The number of nitrogens with one attached hydrogen (secondary N) is 1. The number of aliphatic imine (C=N–C) groups is 1. The summed E-state index contributed by atoms with van der Waals surface area (Å²) in [5, 5.41) is 41.5. The smallest absolute Gasteiger partial charge is 0.206 e. The minimum Gasteiger partial charge on any atom is -0.508 e. The number of anilines is 1. The fourth-order valence-electron chi connectivity index (χ4n) is 2.45. The minimum atomic E-state index is -0.527. The van der Waals surface area contributed by atoms with Crippen LogP contribution in [0.3, 0.4) is 0 Å². The zero-order chi connectivity index (χ0) is 18.7. The average Bonchev–Trinajstić information content (AvgIpc) is 2.62. The SMILES string of the molecule is O=C1C=C(O)C(=Nc2ccc(O)cc2)C(CO)=C1Nc1ccc(O)cc1. The Morgan fingerprint density at radius 1 is 0.885 bits per heavy atom. The fraction of sp³-hybridized carbons (Fsp3) is 0.0526. The summed E-state index contributed by atoms with van der Waals surface area (Å²) in [6, 6.07) is 12.0. The first-order valence-electron chi connectivity index (χ1n) is 7.71. The normalized spacial score (nSPS) is 16.0. The van der Waals surface area contributed by atoms with Gasteiger partial charge in [-0.2, -0.15) is 0 Å². The molecular formula is C19H16N2O5. The lowest BCUT2D eigenvalue weighted by Gasteiger charge is -2.19. The maximum absolute atomic E-state index is 12.3. The summed E-state index contributed by atoms with van der Waals surface area (Å²) in [7, 11) is 0.